The van der Waals surface area contributed by atoms with E-state index in [9.17, 15) is 18.0 Å². The number of nitrogens with one attached hydrogen (secondary N) is 2. The number of pyridine rings is 1. The highest BCUT2D eigenvalue weighted by Crippen LogP contribution is 2.29. The van der Waals surface area contributed by atoms with Gasteiger partial charge in [-0.05, 0) is 49.9 Å². The number of benzene rings is 2. The van der Waals surface area contributed by atoms with Crippen LogP contribution in [-0.4, -0.2) is 86.9 Å². The molecule has 2 aromatic carbocycles. The van der Waals surface area contributed by atoms with Crippen molar-refractivity contribution in [3.8, 4) is 17.0 Å². The minimum Gasteiger partial charge on any atom is -0.489 e. The standard InChI is InChI=1S/C28H31N5O5S/c1-32-15-14-30-28(35)21-11-9-20(10-12-21)27-25(8-5-13-29-27)38-19-23-16-22(17-33(23)26(34)18-32)31-39(36,37)24-6-3-2-4-7-24/h2-13,22-23,31H,14-19H2,1H3,(H,30,35)/t22-,23-/m0/s1. The number of rotatable bonds is 3. The molecule has 2 bridgehead atoms. The predicted molar refractivity (Wildman–Crippen MR) is 146 cm³/mol. The van der Waals surface area contributed by atoms with E-state index in [1.807, 2.05) is 30.1 Å². The Balaban J connectivity index is 1.41. The fourth-order valence-corrected chi connectivity index (χ4v) is 6.17. The van der Waals surface area contributed by atoms with Gasteiger partial charge in [-0.2, -0.15) is 0 Å². The molecular weight excluding hydrogens is 518 g/mol. The molecule has 3 aromatic rings. The van der Waals surface area contributed by atoms with Gasteiger partial charge < -0.3 is 15.0 Å². The molecule has 0 aliphatic carbocycles. The van der Waals surface area contributed by atoms with Crippen molar-refractivity contribution in [2.75, 3.05) is 39.8 Å². The second-order valence-electron chi connectivity index (χ2n) is 9.80. The molecule has 6 rings (SSSR count). The van der Waals surface area contributed by atoms with Gasteiger partial charge in [-0.1, -0.05) is 30.3 Å². The Morgan fingerprint density at radius 3 is 2.51 bits per heavy atom. The summed E-state index contributed by atoms with van der Waals surface area (Å²) in [4.78, 5) is 34.2. The van der Waals surface area contributed by atoms with Gasteiger partial charge >= 0.3 is 0 Å². The minimum absolute atomic E-state index is 0.122. The number of nitrogens with zero attached hydrogens (tertiary/aromatic N) is 3. The second kappa shape index (κ2) is 11.5. The summed E-state index contributed by atoms with van der Waals surface area (Å²) in [6.07, 6.45) is 2.07. The van der Waals surface area contributed by atoms with Crippen LogP contribution in [0.4, 0.5) is 0 Å². The van der Waals surface area contributed by atoms with Crippen LogP contribution in [0.3, 0.4) is 0 Å². The van der Waals surface area contributed by atoms with Gasteiger partial charge in [0.1, 0.15) is 18.1 Å². The summed E-state index contributed by atoms with van der Waals surface area (Å²) in [6, 6.07) is 18.1. The normalized spacial score (nSPS) is 21.0. The number of carbonyl (C=O) groups is 2. The van der Waals surface area contributed by atoms with E-state index in [0.717, 1.165) is 5.56 Å². The number of hydrogen-bond donors (Lipinski definition) is 2. The molecule has 4 heterocycles. The first-order chi connectivity index (χ1) is 18.8. The van der Waals surface area contributed by atoms with Crippen LogP contribution < -0.4 is 14.8 Å². The highest BCUT2D eigenvalue weighted by Gasteiger charge is 2.38. The minimum atomic E-state index is -3.75. The van der Waals surface area contributed by atoms with E-state index in [4.69, 9.17) is 4.74 Å². The number of likely N-dealkylation sites (N-methyl/N-ethyl adjacent to an activating group) is 1. The number of hydrogen-bond acceptors (Lipinski definition) is 7. The van der Waals surface area contributed by atoms with E-state index in [1.54, 1.807) is 59.6 Å². The van der Waals surface area contributed by atoms with E-state index in [0.29, 0.717) is 36.5 Å². The van der Waals surface area contributed by atoms with Crippen molar-refractivity contribution in [3.63, 3.8) is 0 Å². The summed E-state index contributed by atoms with van der Waals surface area (Å²) < 4.78 is 34.9. The van der Waals surface area contributed by atoms with Gasteiger partial charge in [0.15, 0.2) is 0 Å². The Labute approximate surface area is 228 Å². The molecule has 39 heavy (non-hydrogen) atoms. The monoisotopic (exact) mass is 549 g/mol. The third kappa shape index (κ3) is 6.27. The van der Waals surface area contributed by atoms with Crippen molar-refractivity contribution in [1.82, 2.24) is 24.8 Å². The molecule has 1 aromatic heterocycles. The smallest absolute Gasteiger partial charge is 0.251 e. The Hall–Kier alpha value is -3.80. The molecule has 10 nitrogen and oxygen atoms in total. The van der Waals surface area contributed by atoms with Crippen LogP contribution in [0.25, 0.3) is 11.3 Å². The third-order valence-corrected chi connectivity index (χ3v) is 8.45. The van der Waals surface area contributed by atoms with Crippen LogP contribution in [-0.2, 0) is 14.8 Å². The van der Waals surface area contributed by atoms with Crippen LogP contribution in [0.15, 0.2) is 77.8 Å². The second-order valence-corrected chi connectivity index (χ2v) is 11.5. The maximum atomic E-state index is 13.4. The maximum absolute atomic E-state index is 13.4. The van der Waals surface area contributed by atoms with Crippen molar-refractivity contribution >= 4 is 21.8 Å². The van der Waals surface area contributed by atoms with Gasteiger partial charge in [0.05, 0.1) is 17.5 Å². The average molecular weight is 550 g/mol. The van der Waals surface area contributed by atoms with Crippen molar-refractivity contribution in [3.05, 3.63) is 78.5 Å². The Morgan fingerprint density at radius 1 is 1.00 bits per heavy atom. The highest BCUT2D eigenvalue weighted by molar-refractivity contribution is 7.89. The molecule has 3 aliphatic rings. The molecular formula is C28H31N5O5S. The lowest BCUT2D eigenvalue weighted by molar-refractivity contribution is -0.133. The molecule has 2 atom stereocenters. The predicted octanol–water partition coefficient (Wildman–Crippen LogP) is 1.75. The van der Waals surface area contributed by atoms with Crippen molar-refractivity contribution in [2.45, 2.75) is 23.4 Å². The van der Waals surface area contributed by atoms with Crippen molar-refractivity contribution in [1.29, 1.82) is 0 Å². The number of aromatic nitrogens is 1. The maximum Gasteiger partial charge on any atom is 0.251 e. The van der Waals surface area contributed by atoms with Gasteiger partial charge in [0.2, 0.25) is 15.9 Å². The molecule has 2 N–H and O–H groups in total. The van der Waals surface area contributed by atoms with Gasteiger partial charge in [-0.25, -0.2) is 13.1 Å². The van der Waals surface area contributed by atoms with E-state index in [2.05, 4.69) is 15.0 Å². The fourth-order valence-electron chi connectivity index (χ4n) is 4.91. The molecule has 3 aliphatic heterocycles. The van der Waals surface area contributed by atoms with E-state index >= 15 is 0 Å². The largest absolute Gasteiger partial charge is 0.489 e. The van der Waals surface area contributed by atoms with Crippen molar-refractivity contribution in [2.24, 2.45) is 0 Å². The van der Waals surface area contributed by atoms with Gasteiger partial charge in [-0.3, -0.25) is 19.5 Å². The number of sulfonamides is 1. The Bertz CT molecular complexity index is 1430. The lowest BCUT2D eigenvalue weighted by atomic mass is 10.1. The Kier molecular flexibility index (Phi) is 7.92. The van der Waals surface area contributed by atoms with Crippen LogP contribution in [0.2, 0.25) is 0 Å². The van der Waals surface area contributed by atoms with Crippen LogP contribution in [0, 0.1) is 0 Å². The molecule has 0 saturated carbocycles. The lowest BCUT2D eigenvalue weighted by Crippen LogP contribution is -2.46. The zero-order chi connectivity index (χ0) is 27.4. The average Bonchev–Trinajstić information content (AvgIpc) is 3.34. The quantitative estimate of drug-likeness (QED) is 0.511. The molecule has 0 spiro atoms. The summed E-state index contributed by atoms with van der Waals surface area (Å²) in [5.74, 6) is 0.204. The Morgan fingerprint density at radius 2 is 1.74 bits per heavy atom. The molecule has 11 heteroatoms. The van der Waals surface area contributed by atoms with Crippen LogP contribution >= 0.6 is 0 Å². The first kappa shape index (κ1) is 26.8. The van der Waals surface area contributed by atoms with Crippen molar-refractivity contribution < 1.29 is 22.7 Å². The lowest BCUT2D eigenvalue weighted by Gasteiger charge is -2.27. The van der Waals surface area contributed by atoms with Crippen LogP contribution in [0.1, 0.15) is 16.8 Å². The third-order valence-electron chi connectivity index (χ3n) is 6.92. The van der Waals surface area contributed by atoms with Gasteiger partial charge in [0, 0.05) is 43.0 Å². The SMILES string of the molecule is CN1CCNC(=O)c2ccc(cc2)-c2ncccc2OC[C@@H]2C[C@H](NS(=O)(=O)c3ccccc3)CN2C(=O)C1. The highest BCUT2D eigenvalue weighted by atomic mass is 32.2. The number of amides is 2. The summed E-state index contributed by atoms with van der Waals surface area (Å²) in [5.41, 5.74) is 1.94. The molecule has 204 valence electrons. The molecule has 0 unspecified atom stereocenters. The summed E-state index contributed by atoms with van der Waals surface area (Å²) in [7, 11) is -1.94. The molecule has 2 amide bonds. The van der Waals surface area contributed by atoms with E-state index in [1.165, 1.54) is 0 Å². The topological polar surface area (TPSA) is 121 Å². The molecule has 0 radical (unpaired) electrons. The van der Waals surface area contributed by atoms with Gasteiger partial charge in [0.25, 0.3) is 5.91 Å². The van der Waals surface area contributed by atoms with E-state index < -0.39 is 16.1 Å². The number of ether oxygens (including phenoxy) is 1. The zero-order valence-electron chi connectivity index (χ0n) is 21.6. The molecule has 1 fully saturated rings. The fraction of sp³-hybridized carbons (Fsp3) is 0.321. The van der Waals surface area contributed by atoms with Crippen LogP contribution in [0.5, 0.6) is 5.75 Å². The summed E-state index contributed by atoms with van der Waals surface area (Å²) in [5, 5.41) is 2.89. The first-order valence-electron chi connectivity index (χ1n) is 12.8. The first-order valence-corrected chi connectivity index (χ1v) is 14.3. The summed E-state index contributed by atoms with van der Waals surface area (Å²) >= 11 is 0. The zero-order valence-corrected chi connectivity index (χ0v) is 22.4. The number of carbonyl (C=O) groups excluding carboxylic acids is 2. The number of fused-ring (bicyclic) bond motifs is 9. The van der Waals surface area contributed by atoms with E-state index in [-0.39, 0.29) is 42.4 Å². The summed E-state index contributed by atoms with van der Waals surface area (Å²) in [6.45, 7) is 1.38. The van der Waals surface area contributed by atoms with Gasteiger partial charge in [-0.15, -0.1) is 0 Å². The molecule has 1 saturated heterocycles.